The standard InChI is InChI=1S/C39H25N3O/c1-4-11-26(12-5-1)28-19-21-30(22-20-28)38-40-37(29-15-8-3-9-16-29)41-39(42-38)33-17-10-18-34-36(33)32-24-23-31(25-35(32)43-34)27-13-6-2-7-14-27/h1-25H. The molecule has 0 aliphatic carbocycles. The van der Waals surface area contributed by atoms with Crippen molar-refractivity contribution in [3.05, 3.63) is 152 Å². The maximum absolute atomic E-state index is 6.39. The average molecular weight is 552 g/mol. The Morgan fingerprint density at radius 2 is 0.837 bits per heavy atom. The molecule has 0 saturated heterocycles. The largest absolute Gasteiger partial charge is 0.456 e. The lowest BCUT2D eigenvalue weighted by Gasteiger charge is -2.10. The van der Waals surface area contributed by atoms with Gasteiger partial charge in [-0.1, -0.05) is 133 Å². The lowest BCUT2D eigenvalue weighted by atomic mass is 10.0. The van der Waals surface area contributed by atoms with Crippen LogP contribution >= 0.6 is 0 Å². The third-order valence-corrected chi connectivity index (χ3v) is 7.76. The number of furan rings is 1. The van der Waals surface area contributed by atoms with Crippen molar-refractivity contribution in [1.82, 2.24) is 15.0 Å². The SMILES string of the molecule is c1ccc(-c2ccc(-c3nc(-c4ccccc4)nc(-c4cccc5oc6cc(-c7ccccc7)ccc6c45)n3)cc2)cc1. The summed E-state index contributed by atoms with van der Waals surface area (Å²) in [6, 6.07) is 51.6. The highest BCUT2D eigenvalue weighted by molar-refractivity contribution is 6.12. The van der Waals surface area contributed by atoms with Gasteiger partial charge in [-0.15, -0.1) is 0 Å². The van der Waals surface area contributed by atoms with Crippen LogP contribution in [0.2, 0.25) is 0 Å². The third kappa shape index (κ3) is 4.65. The molecular weight excluding hydrogens is 526 g/mol. The quantitative estimate of drug-likeness (QED) is 0.214. The Morgan fingerprint density at radius 1 is 0.349 bits per heavy atom. The van der Waals surface area contributed by atoms with Crippen LogP contribution in [0.3, 0.4) is 0 Å². The molecule has 0 bridgehead atoms. The van der Waals surface area contributed by atoms with E-state index in [4.69, 9.17) is 19.4 Å². The van der Waals surface area contributed by atoms with Crippen LogP contribution in [-0.2, 0) is 0 Å². The van der Waals surface area contributed by atoms with Gasteiger partial charge in [-0.2, -0.15) is 0 Å². The summed E-state index contributed by atoms with van der Waals surface area (Å²) in [7, 11) is 0. The van der Waals surface area contributed by atoms with Gasteiger partial charge in [0.2, 0.25) is 0 Å². The van der Waals surface area contributed by atoms with Crippen LogP contribution in [0.4, 0.5) is 0 Å². The second-order valence-electron chi connectivity index (χ2n) is 10.5. The number of rotatable bonds is 5. The Bertz CT molecular complexity index is 2210. The van der Waals surface area contributed by atoms with E-state index in [0.29, 0.717) is 17.5 Å². The summed E-state index contributed by atoms with van der Waals surface area (Å²) >= 11 is 0. The minimum atomic E-state index is 0.608. The molecule has 0 spiro atoms. The lowest BCUT2D eigenvalue weighted by Crippen LogP contribution is -2.00. The molecule has 0 radical (unpaired) electrons. The van der Waals surface area contributed by atoms with Crippen LogP contribution in [-0.4, -0.2) is 15.0 Å². The summed E-state index contributed by atoms with van der Waals surface area (Å²) in [5.74, 6) is 1.86. The van der Waals surface area contributed by atoms with E-state index >= 15 is 0 Å². The summed E-state index contributed by atoms with van der Waals surface area (Å²) in [5, 5.41) is 2.02. The topological polar surface area (TPSA) is 51.8 Å². The number of nitrogens with zero attached hydrogens (tertiary/aromatic N) is 3. The van der Waals surface area contributed by atoms with E-state index in [9.17, 15) is 0 Å². The number of fused-ring (bicyclic) bond motifs is 3. The summed E-state index contributed by atoms with van der Waals surface area (Å²) in [6.45, 7) is 0. The summed E-state index contributed by atoms with van der Waals surface area (Å²) < 4.78 is 6.39. The molecule has 2 heterocycles. The fourth-order valence-electron chi connectivity index (χ4n) is 5.61. The van der Waals surface area contributed by atoms with Crippen molar-refractivity contribution in [2.75, 3.05) is 0 Å². The van der Waals surface area contributed by atoms with Gasteiger partial charge < -0.3 is 4.42 Å². The Morgan fingerprint density at radius 3 is 1.49 bits per heavy atom. The molecule has 8 rings (SSSR count). The summed E-state index contributed by atoms with van der Waals surface area (Å²) in [4.78, 5) is 15.0. The zero-order chi connectivity index (χ0) is 28.6. The van der Waals surface area contributed by atoms with Gasteiger partial charge in [0.1, 0.15) is 11.2 Å². The van der Waals surface area contributed by atoms with Gasteiger partial charge in [0.15, 0.2) is 17.5 Å². The smallest absolute Gasteiger partial charge is 0.164 e. The van der Waals surface area contributed by atoms with Crippen molar-refractivity contribution in [2.45, 2.75) is 0 Å². The van der Waals surface area contributed by atoms with Crippen molar-refractivity contribution in [1.29, 1.82) is 0 Å². The number of hydrogen-bond acceptors (Lipinski definition) is 4. The van der Waals surface area contributed by atoms with Crippen LogP contribution in [0.15, 0.2) is 156 Å². The van der Waals surface area contributed by atoms with Crippen LogP contribution in [0.1, 0.15) is 0 Å². The second-order valence-corrected chi connectivity index (χ2v) is 10.5. The molecule has 8 aromatic rings. The highest BCUT2D eigenvalue weighted by atomic mass is 16.3. The summed E-state index contributed by atoms with van der Waals surface area (Å²) in [6.07, 6.45) is 0. The van der Waals surface area contributed by atoms with Crippen LogP contribution in [0.5, 0.6) is 0 Å². The maximum atomic E-state index is 6.39. The fraction of sp³-hybridized carbons (Fsp3) is 0. The second kappa shape index (κ2) is 10.5. The molecule has 0 atom stereocenters. The molecule has 4 nitrogen and oxygen atoms in total. The van der Waals surface area contributed by atoms with Gasteiger partial charge in [0.25, 0.3) is 0 Å². The van der Waals surface area contributed by atoms with Crippen molar-refractivity contribution in [3.8, 4) is 56.4 Å². The molecule has 0 N–H and O–H groups in total. The fourth-order valence-corrected chi connectivity index (χ4v) is 5.61. The van der Waals surface area contributed by atoms with Crippen molar-refractivity contribution in [2.24, 2.45) is 0 Å². The maximum Gasteiger partial charge on any atom is 0.164 e. The Hall–Kier alpha value is -5.87. The van der Waals surface area contributed by atoms with Crippen molar-refractivity contribution in [3.63, 3.8) is 0 Å². The van der Waals surface area contributed by atoms with Crippen molar-refractivity contribution < 1.29 is 4.42 Å². The lowest BCUT2D eigenvalue weighted by molar-refractivity contribution is 0.669. The predicted octanol–water partition coefficient (Wildman–Crippen LogP) is 10.1. The van der Waals surface area contributed by atoms with Crippen LogP contribution in [0.25, 0.3) is 78.4 Å². The van der Waals surface area contributed by atoms with Gasteiger partial charge in [-0.3, -0.25) is 0 Å². The molecule has 2 aromatic heterocycles. The van der Waals surface area contributed by atoms with Crippen LogP contribution in [0, 0.1) is 0 Å². The first-order chi connectivity index (χ1) is 21.3. The number of aromatic nitrogens is 3. The minimum Gasteiger partial charge on any atom is -0.456 e. The molecule has 6 aromatic carbocycles. The molecule has 0 unspecified atom stereocenters. The predicted molar refractivity (Wildman–Crippen MR) is 174 cm³/mol. The van der Waals surface area contributed by atoms with Gasteiger partial charge in [0.05, 0.1) is 0 Å². The average Bonchev–Trinajstić information content (AvgIpc) is 3.47. The van der Waals surface area contributed by atoms with Gasteiger partial charge in [-0.25, -0.2) is 15.0 Å². The summed E-state index contributed by atoms with van der Waals surface area (Å²) in [5.41, 5.74) is 8.98. The zero-order valence-corrected chi connectivity index (χ0v) is 23.2. The zero-order valence-electron chi connectivity index (χ0n) is 23.2. The monoisotopic (exact) mass is 551 g/mol. The Balaban J connectivity index is 1.29. The number of hydrogen-bond donors (Lipinski definition) is 0. The first-order valence-electron chi connectivity index (χ1n) is 14.3. The van der Waals surface area contributed by atoms with E-state index < -0.39 is 0 Å². The molecule has 4 heteroatoms. The van der Waals surface area contributed by atoms with E-state index in [1.165, 1.54) is 5.56 Å². The Kier molecular flexibility index (Phi) is 6.08. The molecule has 0 aliphatic rings. The first kappa shape index (κ1) is 24.9. The molecule has 202 valence electrons. The highest BCUT2D eigenvalue weighted by Gasteiger charge is 2.18. The Labute approximate surface area is 249 Å². The molecule has 0 amide bonds. The first-order valence-corrected chi connectivity index (χ1v) is 14.3. The third-order valence-electron chi connectivity index (χ3n) is 7.76. The normalized spacial score (nSPS) is 11.3. The van der Waals surface area contributed by atoms with E-state index in [2.05, 4.69) is 84.9 Å². The van der Waals surface area contributed by atoms with E-state index in [1.807, 2.05) is 66.7 Å². The van der Waals surface area contributed by atoms with E-state index in [0.717, 1.165) is 55.3 Å². The van der Waals surface area contributed by atoms with Gasteiger partial charge in [0, 0.05) is 27.5 Å². The molecule has 0 aliphatic heterocycles. The minimum absolute atomic E-state index is 0.608. The molecule has 0 saturated carbocycles. The molecule has 43 heavy (non-hydrogen) atoms. The van der Waals surface area contributed by atoms with Gasteiger partial charge >= 0.3 is 0 Å². The van der Waals surface area contributed by atoms with E-state index in [-0.39, 0.29) is 0 Å². The van der Waals surface area contributed by atoms with Gasteiger partial charge in [-0.05, 0) is 40.5 Å². The van der Waals surface area contributed by atoms with Crippen LogP contribution < -0.4 is 0 Å². The van der Waals surface area contributed by atoms with Crippen molar-refractivity contribution >= 4 is 21.9 Å². The molecule has 0 fully saturated rings. The highest BCUT2D eigenvalue weighted by Crippen LogP contribution is 2.38. The van der Waals surface area contributed by atoms with E-state index in [1.54, 1.807) is 0 Å². The number of benzene rings is 6. The molecular formula is C39H25N3O.